The highest BCUT2D eigenvalue weighted by Gasteiger charge is 2.43. The highest BCUT2D eigenvalue weighted by atomic mass is 16.5. The van der Waals surface area contributed by atoms with Gasteiger partial charge in [0.1, 0.15) is 0 Å². The number of rotatable bonds is 4. The van der Waals surface area contributed by atoms with Crippen molar-refractivity contribution in [3.05, 3.63) is 94.0 Å². The standard InChI is InChI=1S/C27H27NO3/c1-17-9-11-20-22(13-17)27(29)28(16-18-7-5-4-6-8-18)23-12-10-19-14-24(30-2)25(31-3)15-21(19)26(20)23/h4-9,11,13-15,23,26H,10,12,16H2,1-3H3. The molecule has 3 aromatic rings. The van der Waals surface area contributed by atoms with Gasteiger partial charge in [0.15, 0.2) is 11.5 Å². The Labute approximate surface area is 183 Å². The summed E-state index contributed by atoms with van der Waals surface area (Å²) in [5, 5.41) is 0. The van der Waals surface area contributed by atoms with E-state index in [1.165, 1.54) is 11.1 Å². The molecule has 0 radical (unpaired) electrons. The first-order valence-electron chi connectivity index (χ1n) is 10.8. The van der Waals surface area contributed by atoms with Crippen LogP contribution in [-0.4, -0.2) is 31.1 Å². The van der Waals surface area contributed by atoms with Crippen molar-refractivity contribution >= 4 is 5.91 Å². The molecule has 5 rings (SSSR count). The number of methoxy groups -OCH3 is 2. The quantitative estimate of drug-likeness (QED) is 0.596. The van der Waals surface area contributed by atoms with E-state index in [9.17, 15) is 4.79 Å². The van der Waals surface area contributed by atoms with E-state index in [-0.39, 0.29) is 17.9 Å². The lowest BCUT2D eigenvalue weighted by molar-refractivity contribution is 0.0586. The molecule has 1 amide bonds. The molecule has 2 unspecified atom stereocenters. The summed E-state index contributed by atoms with van der Waals surface area (Å²) in [5.74, 6) is 1.76. The van der Waals surface area contributed by atoms with Gasteiger partial charge >= 0.3 is 0 Å². The second-order valence-electron chi connectivity index (χ2n) is 8.50. The van der Waals surface area contributed by atoms with E-state index in [0.717, 1.165) is 46.6 Å². The highest BCUT2D eigenvalue weighted by molar-refractivity contribution is 5.98. The average Bonchev–Trinajstić information content (AvgIpc) is 2.81. The lowest BCUT2D eigenvalue weighted by Crippen LogP contribution is -2.49. The van der Waals surface area contributed by atoms with Gasteiger partial charge in [0.2, 0.25) is 0 Å². The summed E-state index contributed by atoms with van der Waals surface area (Å²) in [5.41, 5.74) is 6.72. The van der Waals surface area contributed by atoms with Gasteiger partial charge in [-0.2, -0.15) is 0 Å². The summed E-state index contributed by atoms with van der Waals surface area (Å²) in [6, 6.07) is 20.9. The predicted molar refractivity (Wildman–Crippen MR) is 121 cm³/mol. The Morgan fingerprint density at radius 3 is 2.42 bits per heavy atom. The zero-order valence-electron chi connectivity index (χ0n) is 18.2. The second kappa shape index (κ2) is 7.77. The van der Waals surface area contributed by atoms with Crippen LogP contribution >= 0.6 is 0 Å². The molecule has 2 aliphatic rings. The first-order valence-corrected chi connectivity index (χ1v) is 10.8. The number of benzene rings is 3. The Morgan fingerprint density at radius 2 is 1.68 bits per heavy atom. The van der Waals surface area contributed by atoms with E-state index in [0.29, 0.717) is 6.54 Å². The highest BCUT2D eigenvalue weighted by Crippen LogP contribution is 2.47. The number of nitrogens with zero attached hydrogens (tertiary/aromatic N) is 1. The Bertz CT molecular complexity index is 1140. The predicted octanol–water partition coefficient (Wildman–Crippen LogP) is 5.11. The zero-order chi connectivity index (χ0) is 21.5. The summed E-state index contributed by atoms with van der Waals surface area (Å²) in [4.78, 5) is 15.7. The van der Waals surface area contributed by atoms with E-state index < -0.39 is 0 Å². The van der Waals surface area contributed by atoms with Crippen LogP contribution in [0, 0.1) is 6.92 Å². The Balaban J connectivity index is 1.67. The molecule has 4 heteroatoms. The number of hydrogen-bond donors (Lipinski definition) is 0. The van der Waals surface area contributed by atoms with Crippen molar-refractivity contribution in [3.63, 3.8) is 0 Å². The van der Waals surface area contributed by atoms with Crippen molar-refractivity contribution in [2.75, 3.05) is 14.2 Å². The maximum Gasteiger partial charge on any atom is 0.254 e. The maximum atomic E-state index is 13.6. The van der Waals surface area contributed by atoms with Crippen LogP contribution < -0.4 is 9.47 Å². The first-order chi connectivity index (χ1) is 15.1. The molecule has 1 heterocycles. The van der Waals surface area contributed by atoms with Crippen LogP contribution in [0.5, 0.6) is 11.5 Å². The molecule has 2 atom stereocenters. The third kappa shape index (κ3) is 3.27. The minimum Gasteiger partial charge on any atom is -0.493 e. The average molecular weight is 414 g/mol. The van der Waals surface area contributed by atoms with Gasteiger partial charge in [0.05, 0.1) is 14.2 Å². The van der Waals surface area contributed by atoms with Gasteiger partial charge < -0.3 is 14.4 Å². The minimum absolute atomic E-state index is 0.119. The molecule has 158 valence electrons. The van der Waals surface area contributed by atoms with E-state index in [4.69, 9.17) is 9.47 Å². The second-order valence-corrected chi connectivity index (χ2v) is 8.50. The van der Waals surface area contributed by atoms with E-state index in [1.807, 2.05) is 31.2 Å². The van der Waals surface area contributed by atoms with Crippen LogP contribution in [0.3, 0.4) is 0 Å². The third-order valence-corrected chi connectivity index (χ3v) is 6.71. The molecule has 3 aromatic carbocycles. The summed E-state index contributed by atoms with van der Waals surface area (Å²) in [6.07, 6.45) is 1.84. The van der Waals surface area contributed by atoms with Crippen molar-refractivity contribution in [1.29, 1.82) is 0 Å². The SMILES string of the molecule is COc1cc2c(cc1OC)C1c3ccc(C)cc3C(=O)N(Cc3ccccc3)C1CC2. The van der Waals surface area contributed by atoms with Gasteiger partial charge in [0, 0.05) is 24.1 Å². The number of aryl methyl sites for hydroxylation is 2. The lowest BCUT2D eigenvalue weighted by Gasteiger charge is -2.46. The van der Waals surface area contributed by atoms with Gasteiger partial charge in [0.25, 0.3) is 5.91 Å². The number of carbonyl (C=O) groups is 1. The van der Waals surface area contributed by atoms with Gasteiger partial charge in [-0.25, -0.2) is 0 Å². The van der Waals surface area contributed by atoms with Crippen molar-refractivity contribution in [1.82, 2.24) is 4.90 Å². The van der Waals surface area contributed by atoms with Gasteiger partial charge in [-0.15, -0.1) is 0 Å². The number of hydrogen-bond acceptors (Lipinski definition) is 3. The molecule has 0 spiro atoms. The molecule has 4 nitrogen and oxygen atoms in total. The van der Waals surface area contributed by atoms with Crippen LogP contribution in [0.15, 0.2) is 60.7 Å². The Hall–Kier alpha value is -3.27. The third-order valence-electron chi connectivity index (χ3n) is 6.71. The molecular formula is C27H27NO3. The molecule has 0 bridgehead atoms. The van der Waals surface area contributed by atoms with Crippen LogP contribution in [-0.2, 0) is 13.0 Å². The van der Waals surface area contributed by atoms with Crippen molar-refractivity contribution in [2.45, 2.75) is 38.3 Å². The Kier molecular flexibility index (Phi) is 4.93. The van der Waals surface area contributed by atoms with Crippen LogP contribution in [0.25, 0.3) is 0 Å². The minimum atomic E-state index is 0.119. The van der Waals surface area contributed by atoms with Crippen molar-refractivity contribution in [2.24, 2.45) is 0 Å². The van der Waals surface area contributed by atoms with E-state index in [1.54, 1.807) is 14.2 Å². The normalized spacial score (nSPS) is 19.3. The van der Waals surface area contributed by atoms with Gasteiger partial charge in [-0.1, -0.05) is 48.0 Å². The van der Waals surface area contributed by atoms with E-state index in [2.05, 4.69) is 41.3 Å². The monoisotopic (exact) mass is 413 g/mol. The fourth-order valence-corrected chi connectivity index (χ4v) is 5.23. The first kappa shape index (κ1) is 19.7. The summed E-state index contributed by atoms with van der Waals surface area (Å²) in [6.45, 7) is 2.67. The van der Waals surface area contributed by atoms with Crippen LogP contribution in [0.1, 0.15) is 50.5 Å². The van der Waals surface area contributed by atoms with Crippen molar-refractivity contribution < 1.29 is 14.3 Å². The lowest BCUT2D eigenvalue weighted by atomic mass is 9.71. The van der Waals surface area contributed by atoms with Crippen LogP contribution in [0.4, 0.5) is 0 Å². The number of fused-ring (bicyclic) bond motifs is 5. The number of ether oxygens (including phenoxy) is 2. The number of carbonyl (C=O) groups excluding carboxylic acids is 1. The molecule has 0 saturated heterocycles. The topological polar surface area (TPSA) is 38.8 Å². The number of amides is 1. The van der Waals surface area contributed by atoms with Gasteiger partial charge in [-0.3, -0.25) is 4.79 Å². The Morgan fingerprint density at radius 1 is 0.935 bits per heavy atom. The van der Waals surface area contributed by atoms with E-state index >= 15 is 0 Å². The largest absolute Gasteiger partial charge is 0.493 e. The van der Waals surface area contributed by atoms with Crippen LogP contribution in [0.2, 0.25) is 0 Å². The smallest absolute Gasteiger partial charge is 0.254 e. The zero-order valence-corrected chi connectivity index (χ0v) is 18.2. The summed E-state index contributed by atoms with van der Waals surface area (Å²) in [7, 11) is 3.35. The maximum absolute atomic E-state index is 13.6. The fraction of sp³-hybridized carbons (Fsp3) is 0.296. The van der Waals surface area contributed by atoms with Gasteiger partial charge in [-0.05, 0) is 60.2 Å². The molecule has 1 aliphatic carbocycles. The summed E-state index contributed by atoms with van der Waals surface area (Å²) < 4.78 is 11.2. The molecule has 31 heavy (non-hydrogen) atoms. The fourth-order valence-electron chi connectivity index (χ4n) is 5.23. The molecule has 0 N–H and O–H groups in total. The van der Waals surface area contributed by atoms with Crippen molar-refractivity contribution in [3.8, 4) is 11.5 Å². The molecule has 1 aliphatic heterocycles. The molecular weight excluding hydrogens is 386 g/mol. The molecule has 0 fully saturated rings. The molecule has 0 saturated carbocycles. The summed E-state index contributed by atoms with van der Waals surface area (Å²) >= 11 is 0. The molecule has 0 aromatic heterocycles.